The molecule has 0 fully saturated rings. The van der Waals surface area contributed by atoms with Gasteiger partial charge in [-0.3, -0.25) is 0 Å². The van der Waals surface area contributed by atoms with Gasteiger partial charge in [0.2, 0.25) is 0 Å². The van der Waals surface area contributed by atoms with Crippen LogP contribution in [0.25, 0.3) is 0 Å². The fourth-order valence-electron chi connectivity index (χ4n) is 2.49. The van der Waals surface area contributed by atoms with Crippen LogP contribution in [0.5, 0.6) is 0 Å². The van der Waals surface area contributed by atoms with Crippen LogP contribution < -0.4 is 0 Å². The Morgan fingerprint density at radius 3 is 2.18 bits per heavy atom. The third-order valence-corrected chi connectivity index (χ3v) is 8.74. The summed E-state index contributed by atoms with van der Waals surface area (Å²) in [5.74, 6) is 0.400. The zero-order valence-corrected chi connectivity index (χ0v) is 18.0. The van der Waals surface area contributed by atoms with Gasteiger partial charge in [-0.25, -0.2) is 0 Å². The summed E-state index contributed by atoms with van der Waals surface area (Å²) in [5, 5.41) is 0. The van der Waals surface area contributed by atoms with Crippen molar-refractivity contribution in [3.63, 3.8) is 0 Å². The number of carbonyl (C=O) groups excluding carboxylic acids is 1. The molecule has 3 heteroatoms. The third-order valence-electron chi connectivity index (χ3n) is 3.63. The molecule has 0 aromatic heterocycles. The number of hydrogen-bond acceptors (Lipinski definition) is 2. The van der Waals surface area contributed by atoms with Crippen LogP contribution in [0.3, 0.4) is 0 Å². The van der Waals surface area contributed by atoms with Gasteiger partial charge in [-0.05, 0) is 0 Å². The summed E-state index contributed by atoms with van der Waals surface area (Å²) in [5.41, 5.74) is 0.975. The Morgan fingerprint density at radius 1 is 1.09 bits per heavy atom. The van der Waals surface area contributed by atoms with Crippen molar-refractivity contribution in [1.82, 2.24) is 0 Å². The van der Waals surface area contributed by atoms with Gasteiger partial charge >= 0.3 is 141 Å². The zero-order valence-electron chi connectivity index (χ0n) is 15.1. The molecule has 0 amide bonds. The summed E-state index contributed by atoms with van der Waals surface area (Å²) < 4.78 is 6.81. The Balaban J connectivity index is 2.65. The Bertz CT molecular complexity index is 455. The van der Waals surface area contributed by atoms with Gasteiger partial charge in [0.05, 0.1) is 0 Å². The van der Waals surface area contributed by atoms with Crippen LogP contribution in [0, 0.1) is 0 Å². The zero-order chi connectivity index (χ0) is 16.8. The molecule has 0 radical (unpaired) electrons. The standard InChI is InChI=1S/C16H23O2.3CH3.Sn/c1-5-13(14-9-7-6-8-10-14)11-12-15(17)18-16(2,3)4;;;;/h6-10,13H,1,5,11-12H2,2-4H3;3*1H3;. The molecule has 1 aromatic carbocycles. The normalized spacial score (nSPS) is 13.7. The fraction of sp³-hybridized carbons (Fsp3) is 0.632. The molecule has 0 saturated heterocycles. The monoisotopic (exact) mass is 412 g/mol. The minimum atomic E-state index is -1.77. The van der Waals surface area contributed by atoms with Crippen LogP contribution >= 0.6 is 0 Å². The van der Waals surface area contributed by atoms with Crippen LogP contribution in [-0.2, 0) is 9.53 Å². The van der Waals surface area contributed by atoms with Crippen molar-refractivity contribution in [3.05, 3.63) is 35.9 Å². The van der Waals surface area contributed by atoms with E-state index < -0.39 is 18.4 Å². The van der Waals surface area contributed by atoms with E-state index >= 15 is 0 Å². The molecule has 0 saturated carbocycles. The first-order valence-electron chi connectivity index (χ1n) is 8.34. The molecule has 0 bridgehead atoms. The molecule has 0 aliphatic carbocycles. The van der Waals surface area contributed by atoms with Crippen LogP contribution in [0.2, 0.25) is 19.3 Å². The number of ether oxygens (including phenoxy) is 1. The maximum atomic E-state index is 12.0. The average Bonchev–Trinajstić information content (AvgIpc) is 2.36. The molecule has 0 aliphatic heterocycles. The molecule has 1 rings (SSSR count). The van der Waals surface area contributed by atoms with Crippen molar-refractivity contribution in [1.29, 1.82) is 0 Å². The van der Waals surface area contributed by atoms with Crippen molar-refractivity contribution in [2.75, 3.05) is 0 Å². The van der Waals surface area contributed by atoms with E-state index in [2.05, 4.69) is 45.2 Å². The maximum absolute atomic E-state index is 12.0. The Kier molecular flexibility index (Phi) is 7.43. The molecule has 0 N–H and O–H groups in total. The first-order valence-corrected chi connectivity index (χ1v) is 18.9. The van der Waals surface area contributed by atoms with Crippen molar-refractivity contribution in [2.45, 2.75) is 70.8 Å². The SMILES string of the molecule is CC(C)(C)OC(=O)CCC(C[CH2][Sn]([CH3])([CH3])[CH3])c1ccccc1. The van der Waals surface area contributed by atoms with Crippen LogP contribution in [0.4, 0.5) is 0 Å². The van der Waals surface area contributed by atoms with Gasteiger partial charge in [0.25, 0.3) is 0 Å². The number of carbonyl (C=O) groups is 1. The number of esters is 1. The van der Waals surface area contributed by atoms with E-state index in [4.69, 9.17) is 4.74 Å². The van der Waals surface area contributed by atoms with Crippen LogP contribution in [0.15, 0.2) is 30.3 Å². The van der Waals surface area contributed by atoms with Gasteiger partial charge in [-0.15, -0.1) is 0 Å². The van der Waals surface area contributed by atoms with E-state index in [1.54, 1.807) is 0 Å². The fourth-order valence-corrected chi connectivity index (χ4v) is 5.96. The molecule has 0 aliphatic rings. The van der Waals surface area contributed by atoms with E-state index in [0.717, 1.165) is 6.42 Å². The van der Waals surface area contributed by atoms with Crippen molar-refractivity contribution < 1.29 is 9.53 Å². The second kappa shape index (κ2) is 8.37. The number of benzene rings is 1. The second-order valence-electron chi connectivity index (χ2n) is 8.33. The van der Waals surface area contributed by atoms with Crippen LogP contribution in [0.1, 0.15) is 51.5 Å². The van der Waals surface area contributed by atoms with E-state index in [1.165, 1.54) is 16.4 Å². The molecule has 124 valence electrons. The Labute approximate surface area is 140 Å². The molecule has 2 nitrogen and oxygen atoms in total. The molecule has 0 spiro atoms. The van der Waals surface area contributed by atoms with E-state index in [-0.39, 0.29) is 11.6 Å². The van der Waals surface area contributed by atoms with E-state index in [1.807, 2.05) is 20.8 Å². The first-order chi connectivity index (χ1) is 10.1. The first kappa shape index (κ1) is 19.5. The third kappa shape index (κ3) is 8.82. The van der Waals surface area contributed by atoms with Gasteiger partial charge in [-0.1, -0.05) is 0 Å². The van der Waals surface area contributed by atoms with Crippen molar-refractivity contribution in [3.8, 4) is 0 Å². The van der Waals surface area contributed by atoms with Crippen molar-refractivity contribution >= 4 is 24.3 Å². The van der Waals surface area contributed by atoms with Gasteiger partial charge in [0.1, 0.15) is 0 Å². The van der Waals surface area contributed by atoms with Gasteiger partial charge in [0.15, 0.2) is 0 Å². The predicted octanol–water partition coefficient (Wildman–Crippen LogP) is 5.62. The van der Waals surface area contributed by atoms with Gasteiger partial charge in [-0.2, -0.15) is 0 Å². The number of rotatable bonds is 7. The summed E-state index contributed by atoms with van der Waals surface area (Å²) in [6.45, 7) is 5.77. The summed E-state index contributed by atoms with van der Waals surface area (Å²) in [6.07, 6.45) is 2.60. The van der Waals surface area contributed by atoms with Gasteiger partial charge < -0.3 is 0 Å². The molecule has 0 heterocycles. The summed E-state index contributed by atoms with van der Waals surface area (Å²) in [7, 11) is 0. The van der Waals surface area contributed by atoms with E-state index in [0.29, 0.717) is 12.3 Å². The van der Waals surface area contributed by atoms with E-state index in [9.17, 15) is 4.79 Å². The van der Waals surface area contributed by atoms with Crippen LogP contribution in [-0.4, -0.2) is 29.9 Å². The van der Waals surface area contributed by atoms with Gasteiger partial charge in [0, 0.05) is 0 Å². The molecule has 1 unspecified atom stereocenters. The molecular weight excluding hydrogens is 379 g/mol. The quantitative estimate of drug-likeness (QED) is 0.430. The minimum absolute atomic E-state index is 0.0762. The summed E-state index contributed by atoms with van der Waals surface area (Å²) >= 11 is -1.77. The Hall–Kier alpha value is -0.511. The molecule has 1 aromatic rings. The summed E-state index contributed by atoms with van der Waals surface area (Å²) in [6, 6.07) is 10.6. The number of hydrogen-bond donors (Lipinski definition) is 0. The Morgan fingerprint density at radius 2 is 1.68 bits per heavy atom. The van der Waals surface area contributed by atoms with Crippen molar-refractivity contribution in [2.24, 2.45) is 0 Å². The molecule has 22 heavy (non-hydrogen) atoms. The average molecular weight is 411 g/mol. The summed E-state index contributed by atoms with van der Waals surface area (Å²) in [4.78, 5) is 19.4. The molecular formula is C19H32O2Sn. The topological polar surface area (TPSA) is 26.3 Å². The second-order valence-corrected chi connectivity index (χ2v) is 24.4. The predicted molar refractivity (Wildman–Crippen MR) is 97.0 cm³/mol. The molecule has 1 atom stereocenters.